The van der Waals surface area contributed by atoms with E-state index in [0.717, 1.165) is 31.4 Å². The van der Waals surface area contributed by atoms with E-state index in [1.165, 1.54) is 16.4 Å². The van der Waals surface area contributed by atoms with E-state index in [2.05, 4.69) is 5.32 Å². The number of benzene rings is 2. The fourth-order valence-electron chi connectivity index (χ4n) is 3.03. The first kappa shape index (κ1) is 19.4. The zero-order valence-electron chi connectivity index (χ0n) is 14.8. The lowest BCUT2D eigenvalue weighted by Gasteiger charge is -2.26. The summed E-state index contributed by atoms with van der Waals surface area (Å²) >= 11 is 0. The highest BCUT2D eigenvalue weighted by atomic mass is 32.2. The fourth-order valence-corrected chi connectivity index (χ4v) is 4.57. The standard InChI is InChI=1S/C19H20F2N2O3S/c1-13-5-6-17(27(25,26)23-7-3-2-4-8-23)12-18(13)22-19(24)14-9-15(20)11-16(21)10-14/h5-6,9-12H,2-4,7-8H2,1H3,(H,22,24). The van der Waals surface area contributed by atoms with Crippen LogP contribution in [0, 0.1) is 18.6 Å². The molecular formula is C19H20F2N2O3S. The van der Waals surface area contributed by atoms with Crippen molar-refractivity contribution in [2.24, 2.45) is 0 Å². The summed E-state index contributed by atoms with van der Waals surface area (Å²) < 4.78 is 53.7. The smallest absolute Gasteiger partial charge is 0.255 e. The van der Waals surface area contributed by atoms with Gasteiger partial charge >= 0.3 is 0 Å². The molecule has 8 heteroatoms. The van der Waals surface area contributed by atoms with Crippen molar-refractivity contribution >= 4 is 21.6 Å². The molecule has 5 nitrogen and oxygen atoms in total. The number of carbonyl (C=O) groups excluding carboxylic acids is 1. The van der Waals surface area contributed by atoms with E-state index < -0.39 is 27.6 Å². The Morgan fingerprint density at radius 3 is 2.26 bits per heavy atom. The maximum atomic E-state index is 13.3. The Labute approximate surface area is 157 Å². The molecule has 1 aliphatic heterocycles. The summed E-state index contributed by atoms with van der Waals surface area (Å²) in [6, 6.07) is 6.99. The lowest BCUT2D eigenvalue weighted by Crippen LogP contribution is -2.35. The number of piperidine rings is 1. The summed E-state index contributed by atoms with van der Waals surface area (Å²) in [6.45, 7) is 2.65. The van der Waals surface area contributed by atoms with E-state index in [-0.39, 0.29) is 16.1 Å². The molecule has 3 rings (SSSR count). The number of nitrogens with zero attached hydrogens (tertiary/aromatic N) is 1. The van der Waals surface area contributed by atoms with Gasteiger partial charge in [-0.25, -0.2) is 17.2 Å². The minimum Gasteiger partial charge on any atom is -0.322 e. The van der Waals surface area contributed by atoms with E-state index >= 15 is 0 Å². The molecule has 0 unspecified atom stereocenters. The van der Waals surface area contributed by atoms with Crippen LogP contribution in [0.4, 0.5) is 14.5 Å². The van der Waals surface area contributed by atoms with Crippen molar-refractivity contribution in [3.8, 4) is 0 Å². The van der Waals surface area contributed by atoms with Crippen LogP contribution in [-0.2, 0) is 10.0 Å². The van der Waals surface area contributed by atoms with Gasteiger partial charge in [0.05, 0.1) is 4.90 Å². The summed E-state index contributed by atoms with van der Waals surface area (Å²) in [7, 11) is -3.65. The molecule has 27 heavy (non-hydrogen) atoms. The number of halogens is 2. The first-order valence-corrected chi connectivity index (χ1v) is 10.1. The third kappa shape index (κ3) is 4.33. The molecule has 1 saturated heterocycles. The van der Waals surface area contributed by atoms with E-state index in [4.69, 9.17) is 0 Å². The van der Waals surface area contributed by atoms with Crippen LogP contribution in [0.25, 0.3) is 0 Å². The van der Waals surface area contributed by atoms with Gasteiger partial charge in [0.25, 0.3) is 5.91 Å². The molecule has 2 aromatic rings. The van der Waals surface area contributed by atoms with Crippen molar-refractivity contribution in [1.82, 2.24) is 4.31 Å². The molecule has 0 radical (unpaired) electrons. The number of hydrogen-bond donors (Lipinski definition) is 1. The zero-order chi connectivity index (χ0) is 19.6. The maximum absolute atomic E-state index is 13.3. The van der Waals surface area contributed by atoms with Gasteiger partial charge in [0.2, 0.25) is 10.0 Å². The molecule has 1 amide bonds. The molecule has 2 aromatic carbocycles. The number of anilines is 1. The predicted molar refractivity (Wildman–Crippen MR) is 98.1 cm³/mol. The fraction of sp³-hybridized carbons (Fsp3) is 0.316. The quantitative estimate of drug-likeness (QED) is 0.860. The highest BCUT2D eigenvalue weighted by Crippen LogP contribution is 2.25. The Kier molecular flexibility index (Phi) is 5.57. The van der Waals surface area contributed by atoms with Crippen LogP contribution in [0.1, 0.15) is 35.2 Å². The van der Waals surface area contributed by atoms with Crippen molar-refractivity contribution in [2.45, 2.75) is 31.1 Å². The van der Waals surface area contributed by atoms with E-state index in [1.807, 2.05) is 0 Å². The van der Waals surface area contributed by atoms with Crippen LogP contribution in [0.3, 0.4) is 0 Å². The molecule has 1 heterocycles. The van der Waals surface area contributed by atoms with Gasteiger partial charge in [0.15, 0.2) is 0 Å². The summed E-state index contributed by atoms with van der Waals surface area (Å²) in [5.74, 6) is -2.44. The van der Waals surface area contributed by atoms with Crippen LogP contribution in [0.5, 0.6) is 0 Å². The van der Waals surface area contributed by atoms with Crippen molar-refractivity contribution < 1.29 is 22.0 Å². The molecular weight excluding hydrogens is 374 g/mol. The SMILES string of the molecule is Cc1ccc(S(=O)(=O)N2CCCCC2)cc1NC(=O)c1cc(F)cc(F)c1. The Morgan fingerprint density at radius 1 is 1.00 bits per heavy atom. The molecule has 0 aliphatic carbocycles. The molecule has 0 atom stereocenters. The minimum atomic E-state index is -3.65. The number of hydrogen-bond acceptors (Lipinski definition) is 3. The first-order chi connectivity index (χ1) is 12.8. The number of sulfonamides is 1. The summed E-state index contributed by atoms with van der Waals surface area (Å²) in [5.41, 5.74) is 0.733. The van der Waals surface area contributed by atoms with Gasteiger partial charge in [-0.2, -0.15) is 4.31 Å². The minimum absolute atomic E-state index is 0.0794. The third-order valence-corrected chi connectivity index (χ3v) is 6.43. The van der Waals surface area contributed by atoms with E-state index in [1.54, 1.807) is 13.0 Å². The predicted octanol–water partition coefficient (Wildman–Crippen LogP) is 3.70. The van der Waals surface area contributed by atoms with Crippen LogP contribution in [0.15, 0.2) is 41.3 Å². The average molecular weight is 394 g/mol. The topological polar surface area (TPSA) is 66.5 Å². The van der Waals surface area contributed by atoms with Crippen LogP contribution >= 0.6 is 0 Å². The van der Waals surface area contributed by atoms with Crippen molar-refractivity contribution in [3.05, 3.63) is 59.2 Å². The molecule has 0 bridgehead atoms. The number of rotatable bonds is 4. The Morgan fingerprint density at radius 2 is 1.63 bits per heavy atom. The second kappa shape index (κ2) is 7.74. The second-order valence-electron chi connectivity index (χ2n) is 6.55. The van der Waals surface area contributed by atoms with Gasteiger partial charge in [-0.15, -0.1) is 0 Å². The number of aryl methyl sites for hydroxylation is 1. The van der Waals surface area contributed by atoms with Crippen molar-refractivity contribution in [1.29, 1.82) is 0 Å². The largest absolute Gasteiger partial charge is 0.322 e. The maximum Gasteiger partial charge on any atom is 0.255 e. The molecule has 1 fully saturated rings. The molecule has 0 aromatic heterocycles. The summed E-state index contributed by atoms with van der Waals surface area (Å²) in [5, 5.41) is 2.54. The normalized spacial score (nSPS) is 15.5. The zero-order valence-corrected chi connectivity index (χ0v) is 15.7. The molecule has 144 valence electrons. The lowest BCUT2D eigenvalue weighted by molar-refractivity contribution is 0.102. The van der Waals surface area contributed by atoms with Crippen LogP contribution in [-0.4, -0.2) is 31.7 Å². The van der Waals surface area contributed by atoms with Gasteiger partial charge in [-0.3, -0.25) is 4.79 Å². The number of carbonyl (C=O) groups is 1. The van der Waals surface area contributed by atoms with Gasteiger partial charge in [-0.05, 0) is 49.6 Å². The van der Waals surface area contributed by atoms with E-state index in [9.17, 15) is 22.0 Å². The van der Waals surface area contributed by atoms with Gasteiger partial charge in [0.1, 0.15) is 11.6 Å². The van der Waals surface area contributed by atoms with Gasteiger partial charge in [-0.1, -0.05) is 12.5 Å². The highest BCUT2D eigenvalue weighted by Gasteiger charge is 2.26. The Hall–Kier alpha value is -2.32. The number of nitrogens with one attached hydrogen (secondary N) is 1. The summed E-state index contributed by atoms with van der Waals surface area (Å²) in [6.07, 6.45) is 2.64. The summed E-state index contributed by atoms with van der Waals surface area (Å²) in [4.78, 5) is 12.4. The molecule has 1 aliphatic rings. The third-order valence-electron chi connectivity index (χ3n) is 4.53. The van der Waals surface area contributed by atoms with Crippen molar-refractivity contribution in [2.75, 3.05) is 18.4 Å². The Balaban J connectivity index is 1.88. The monoisotopic (exact) mass is 394 g/mol. The van der Waals surface area contributed by atoms with Crippen LogP contribution < -0.4 is 5.32 Å². The van der Waals surface area contributed by atoms with Gasteiger partial charge in [0, 0.05) is 30.4 Å². The average Bonchev–Trinajstić information content (AvgIpc) is 2.63. The molecule has 0 saturated carbocycles. The van der Waals surface area contributed by atoms with E-state index in [0.29, 0.717) is 24.7 Å². The highest BCUT2D eigenvalue weighted by molar-refractivity contribution is 7.89. The second-order valence-corrected chi connectivity index (χ2v) is 8.49. The molecule has 1 N–H and O–H groups in total. The Bertz CT molecular complexity index is 951. The molecule has 0 spiro atoms. The number of amides is 1. The first-order valence-electron chi connectivity index (χ1n) is 8.65. The van der Waals surface area contributed by atoms with Crippen LogP contribution in [0.2, 0.25) is 0 Å². The van der Waals surface area contributed by atoms with Gasteiger partial charge < -0.3 is 5.32 Å². The van der Waals surface area contributed by atoms with Crippen molar-refractivity contribution in [3.63, 3.8) is 0 Å². The lowest BCUT2D eigenvalue weighted by atomic mass is 10.1.